The molecule has 1 amide bonds. The molecule has 0 radical (unpaired) electrons. The van der Waals surface area contributed by atoms with Crippen LogP contribution in [0.4, 0.5) is 5.95 Å². The van der Waals surface area contributed by atoms with E-state index in [4.69, 9.17) is 5.73 Å². The summed E-state index contributed by atoms with van der Waals surface area (Å²) < 4.78 is 0. The molecular weight excluding hydrogens is 350 g/mol. The Morgan fingerprint density at radius 1 is 1.11 bits per heavy atom. The summed E-state index contributed by atoms with van der Waals surface area (Å²) >= 11 is 0. The Balaban J connectivity index is 1.65. The van der Waals surface area contributed by atoms with Crippen molar-refractivity contribution in [3.05, 3.63) is 71.7 Å². The maximum atomic E-state index is 13.3. The molecule has 2 N–H and O–H groups in total. The Hall–Kier alpha value is -3.28. The largest absolute Gasteiger partial charge is 0.368 e. The quantitative estimate of drug-likeness (QED) is 0.755. The van der Waals surface area contributed by atoms with Crippen LogP contribution in [0, 0.1) is 6.92 Å². The molecule has 6 nitrogen and oxygen atoms in total. The molecule has 3 aromatic rings. The summed E-state index contributed by atoms with van der Waals surface area (Å²) in [7, 11) is 0. The van der Waals surface area contributed by atoms with Crippen LogP contribution in [0.15, 0.2) is 54.7 Å². The number of amides is 1. The van der Waals surface area contributed by atoms with Crippen LogP contribution in [0.25, 0.3) is 11.3 Å². The van der Waals surface area contributed by atoms with Gasteiger partial charge in [-0.15, -0.1) is 0 Å². The summed E-state index contributed by atoms with van der Waals surface area (Å²) in [6, 6.07) is 15.3. The molecule has 28 heavy (non-hydrogen) atoms. The fourth-order valence-corrected chi connectivity index (χ4v) is 3.77. The molecule has 0 bridgehead atoms. The first-order chi connectivity index (χ1) is 13.6. The number of likely N-dealkylation sites (tertiary alicyclic amines) is 1. The van der Waals surface area contributed by atoms with Crippen molar-refractivity contribution in [2.45, 2.75) is 32.2 Å². The lowest BCUT2D eigenvalue weighted by Crippen LogP contribution is -2.38. The zero-order valence-electron chi connectivity index (χ0n) is 15.9. The highest BCUT2D eigenvalue weighted by atomic mass is 16.2. The lowest BCUT2D eigenvalue weighted by molar-refractivity contribution is 0.0606. The normalized spacial score (nSPS) is 16.8. The number of carbonyl (C=O) groups is 1. The number of nitrogens with two attached hydrogens (primary N) is 1. The van der Waals surface area contributed by atoms with Crippen LogP contribution in [0.3, 0.4) is 0 Å². The maximum absolute atomic E-state index is 13.3. The van der Waals surface area contributed by atoms with Gasteiger partial charge in [-0.1, -0.05) is 18.2 Å². The number of pyridine rings is 1. The molecule has 1 atom stereocenters. The first-order valence-corrected chi connectivity index (χ1v) is 9.55. The molecule has 0 aliphatic carbocycles. The average molecular weight is 373 g/mol. The van der Waals surface area contributed by atoms with Gasteiger partial charge in [-0.3, -0.25) is 9.78 Å². The Bertz CT molecular complexity index is 969. The minimum absolute atomic E-state index is 0.0167. The van der Waals surface area contributed by atoms with Crippen molar-refractivity contribution < 1.29 is 4.79 Å². The summed E-state index contributed by atoms with van der Waals surface area (Å²) in [4.78, 5) is 28.2. The minimum atomic E-state index is 0.0167. The molecule has 1 saturated heterocycles. The molecule has 1 aliphatic heterocycles. The second-order valence-corrected chi connectivity index (χ2v) is 7.10. The van der Waals surface area contributed by atoms with E-state index in [2.05, 4.69) is 15.0 Å². The second kappa shape index (κ2) is 7.76. The zero-order chi connectivity index (χ0) is 19.5. The van der Waals surface area contributed by atoms with Gasteiger partial charge in [0.15, 0.2) is 0 Å². The first-order valence-electron chi connectivity index (χ1n) is 9.55. The zero-order valence-corrected chi connectivity index (χ0v) is 15.9. The summed E-state index contributed by atoms with van der Waals surface area (Å²) in [6.45, 7) is 2.62. The summed E-state index contributed by atoms with van der Waals surface area (Å²) in [5.41, 5.74) is 9.76. The Morgan fingerprint density at radius 2 is 2.00 bits per heavy atom. The summed E-state index contributed by atoms with van der Waals surface area (Å²) in [5, 5.41) is 0. The van der Waals surface area contributed by atoms with Crippen LogP contribution >= 0.6 is 0 Å². The smallest absolute Gasteiger partial charge is 0.254 e. The average Bonchev–Trinajstić information content (AvgIpc) is 2.73. The van der Waals surface area contributed by atoms with Crippen LogP contribution in [-0.4, -0.2) is 32.3 Å². The van der Waals surface area contributed by atoms with Gasteiger partial charge in [0.25, 0.3) is 5.91 Å². The van der Waals surface area contributed by atoms with E-state index in [-0.39, 0.29) is 17.9 Å². The monoisotopic (exact) mass is 373 g/mol. The summed E-state index contributed by atoms with van der Waals surface area (Å²) in [5.74, 6) is 0.258. The molecule has 2 aromatic heterocycles. The standard InChI is InChI=1S/C22H23N5O/c1-15-13-19(26-22(23)25-15)16-7-6-8-17(14-16)21(28)27-12-5-3-10-20(27)18-9-2-4-11-24-18/h2,4,6-9,11,13-14,20H,3,5,10,12H2,1H3,(H2,23,25,26)/t20-/m1/s1. The third-order valence-corrected chi connectivity index (χ3v) is 5.07. The minimum Gasteiger partial charge on any atom is -0.368 e. The topological polar surface area (TPSA) is 85.0 Å². The number of rotatable bonds is 3. The molecule has 1 fully saturated rings. The predicted octanol–water partition coefficient (Wildman–Crippen LogP) is 3.80. The molecule has 6 heteroatoms. The SMILES string of the molecule is Cc1cc(-c2cccc(C(=O)N3CCCC[C@@H]3c3ccccn3)c2)nc(N)n1. The number of carbonyl (C=O) groups excluding carboxylic acids is 1. The van der Waals surface area contributed by atoms with Gasteiger partial charge in [-0.05, 0) is 56.5 Å². The number of nitrogen functional groups attached to an aromatic ring is 1. The fourth-order valence-electron chi connectivity index (χ4n) is 3.77. The second-order valence-electron chi connectivity index (χ2n) is 7.10. The van der Waals surface area contributed by atoms with Gasteiger partial charge in [0.05, 0.1) is 17.4 Å². The van der Waals surface area contributed by atoms with Crippen molar-refractivity contribution in [3.63, 3.8) is 0 Å². The fraction of sp³-hybridized carbons (Fsp3) is 0.273. The number of nitrogens with zero attached hydrogens (tertiary/aromatic N) is 4. The highest BCUT2D eigenvalue weighted by molar-refractivity contribution is 5.95. The van der Waals surface area contributed by atoms with Gasteiger partial charge >= 0.3 is 0 Å². The van der Waals surface area contributed by atoms with Gasteiger partial charge in [0, 0.05) is 29.6 Å². The molecular formula is C22H23N5O. The van der Waals surface area contributed by atoms with E-state index >= 15 is 0 Å². The van der Waals surface area contributed by atoms with E-state index in [0.29, 0.717) is 5.56 Å². The molecule has 3 heterocycles. The van der Waals surface area contributed by atoms with E-state index in [1.807, 2.05) is 60.4 Å². The van der Waals surface area contributed by atoms with E-state index in [0.717, 1.165) is 48.5 Å². The first kappa shape index (κ1) is 18.1. The van der Waals surface area contributed by atoms with Crippen molar-refractivity contribution in [3.8, 4) is 11.3 Å². The molecule has 0 saturated carbocycles. The van der Waals surface area contributed by atoms with E-state index in [9.17, 15) is 4.79 Å². The Labute approximate surface area is 164 Å². The van der Waals surface area contributed by atoms with Crippen molar-refractivity contribution in [1.29, 1.82) is 0 Å². The van der Waals surface area contributed by atoms with Gasteiger partial charge in [-0.25, -0.2) is 9.97 Å². The molecule has 1 aromatic carbocycles. The van der Waals surface area contributed by atoms with Gasteiger partial charge in [-0.2, -0.15) is 0 Å². The number of aryl methyl sites for hydroxylation is 1. The van der Waals surface area contributed by atoms with Gasteiger partial charge in [0.2, 0.25) is 5.95 Å². The predicted molar refractivity (Wildman–Crippen MR) is 108 cm³/mol. The van der Waals surface area contributed by atoms with Crippen LogP contribution < -0.4 is 5.73 Å². The van der Waals surface area contributed by atoms with Crippen molar-refractivity contribution >= 4 is 11.9 Å². The molecule has 4 rings (SSSR count). The van der Waals surface area contributed by atoms with Crippen molar-refractivity contribution in [1.82, 2.24) is 19.9 Å². The highest BCUT2D eigenvalue weighted by Crippen LogP contribution is 2.31. The molecule has 0 spiro atoms. The Morgan fingerprint density at radius 3 is 2.79 bits per heavy atom. The van der Waals surface area contributed by atoms with Crippen LogP contribution in [0.2, 0.25) is 0 Å². The number of piperidine rings is 1. The van der Waals surface area contributed by atoms with Crippen LogP contribution in [0.5, 0.6) is 0 Å². The molecule has 1 aliphatic rings. The lowest BCUT2D eigenvalue weighted by Gasteiger charge is -2.35. The number of aromatic nitrogens is 3. The van der Waals surface area contributed by atoms with Gasteiger partial charge < -0.3 is 10.6 Å². The number of hydrogen-bond acceptors (Lipinski definition) is 5. The Kier molecular flexibility index (Phi) is 5.02. The molecule has 0 unspecified atom stereocenters. The van der Waals surface area contributed by atoms with Crippen LogP contribution in [0.1, 0.15) is 47.1 Å². The summed E-state index contributed by atoms with van der Waals surface area (Å²) in [6.07, 6.45) is 4.83. The van der Waals surface area contributed by atoms with Gasteiger partial charge in [0.1, 0.15) is 0 Å². The highest BCUT2D eigenvalue weighted by Gasteiger charge is 2.29. The van der Waals surface area contributed by atoms with E-state index in [1.54, 1.807) is 6.20 Å². The van der Waals surface area contributed by atoms with Crippen molar-refractivity contribution in [2.75, 3.05) is 12.3 Å². The number of benzene rings is 1. The van der Waals surface area contributed by atoms with E-state index < -0.39 is 0 Å². The number of anilines is 1. The third kappa shape index (κ3) is 3.71. The van der Waals surface area contributed by atoms with Crippen molar-refractivity contribution in [2.24, 2.45) is 0 Å². The molecule has 142 valence electrons. The van der Waals surface area contributed by atoms with E-state index in [1.165, 1.54) is 0 Å². The van der Waals surface area contributed by atoms with Crippen LogP contribution in [-0.2, 0) is 0 Å². The third-order valence-electron chi connectivity index (χ3n) is 5.07. The maximum Gasteiger partial charge on any atom is 0.254 e. The number of hydrogen-bond donors (Lipinski definition) is 1. The lowest BCUT2D eigenvalue weighted by atomic mass is 9.97.